The third kappa shape index (κ3) is 5.08. The molecule has 0 aliphatic heterocycles. The summed E-state index contributed by atoms with van der Waals surface area (Å²) in [5.41, 5.74) is 3.19. The summed E-state index contributed by atoms with van der Waals surface area (Å²) in [6.45, 7) is 1.41. The highest BCUT2D eigenvalue weighted by Crippen LogP contribution is 2.27. The molecule has 2 amide bonds. The molecule has 158 valence electrons. The summed E-state index contributed by atoms with van der Waals surface area (Å²) in [7, 11) is 0. The van der Waals surface area contributed by atoms with Crippen molar-refractivity contribution in [3.05, 3.63) is 85.1 Å². The van der Waals surface area contributed by atoms with Gasteiger partial charge in [0.15, 0.2) is 0 Å². The molecule has 3 N–H and O–H groups in total. The predicted molar refractivity (Wildman–Crippen MR) is 121 cm³/mol. The number of rotatable bonds is 6. The average Bonchev–Trinajstić information content (AvgIpc) is 2.81. The lowest BCUT2D eigenvalue weighted by molar-refractivity contribution is -0.114. The number of carbonyl (C=O) groups is 2. The Morgan fingerprint density at radius 1 is 0.844 bits per heavy atom. The monoisotopic (exact) mass is 425 g/mol. The molecule has 0 fully saturated rings. The highest BCUT2D eigenvalue weighted by atomic mass is 16.2. The Morgan fingerprint density at radius 3 is 2.44 bits per heavy atom. The standard InChI is InChI=1S/C23H19N7O2/c1-15(31)27-21-8-7-17(13-26-21)28-23-25-12-10-19(30-23)22(32)29-20-14-24-11-9-18(20)16-5-3-2-4-6-16/h2-14H,1H3,(H,29,32)(H,25,28,30)(H,26,27,31). The molecule has 4 rings (SSSR count). The molecule has 3 aromatic heterocycles. The zero-order valence-corrected chi connectivity index (χ0v) is 17.1. The van der Waals surface area contributed by atoms with Gasteiger partial charge in [-0.2, -0.15) is 0 Å². The summed E-state index contributed by atoms with van der Waals surface area (Å²) in [4.78, 5) is 40.6. The quantitative estimate of drug-likeness (QED) is 0.428. The van der Waals surface area contributed by atoms with Gasteiger partial charge in [-0.05, 0) is 29.8 Å². The molecule has 0 saturated heterocycles. The SMILES string of the molecule is CC(=O)Nc1ccc(Nc2nccc(C(=O)Nc3cnccc3-c3ccccc3)n2)cn1. The van der Waals surface area contributed by atoms with E-state index in [4.69, 9.17) is 0 Å². The minimum Gasteiger partial charge on any atom is -0.323 e. The zero-order chi connectivity index (χ0) is 22.3. The molecular weight excluding hydrogens is 406 g/mol. The van der Waals surface area contributed by atoms with E-state index >= 15 is 0 Å². The van der Waals surface area contributed by atoms with E-state index < -0.39 is 0 Å². The van der Waals surface area contributed by atoms with Crippen LogP contribution in [0.1, 0.15) is 17.4 Å². The van der Waals surface area contributed by atoms with E-state index in [0.717, 1.165) is 11.1 Å². The number of carbonyl (C=O) groups excluding carboxylic acids is 2. The van der Waals surface area contributed by atoms with Crippen molar-refractivity contribution in [1.29, 1.82) is 0 Å². The van der Waals surface area contributed by atoms with E-state index in [-0.39, 0.29) is 23.5 Å². The van der Waals surface area contributed by atoms with Crippen molar-refractivity contribution in [2.75, 3.05) is 16.0 Å². The fraction of sp³-hybridized carbons (Fsp3) is 0.0435. The summed E-state index contributed by atoms with van der Waals surface area (Å²) in [5.74, 6) is 0.0769. The van der Waals surface area contributed by atoms with Crippen LogP contribution in [0.15, 0.2) is 79.4 Å². The summed E-state index contributed by atoms with van der Waals surface area (Å²) in [5, 5.41) is 8.45. The Kier molecular flexibility index (Phi) is 6.08. The molecule has 0 bridgehead atoms. The molecule has 0 unspecified atom stereocenters. The first-order chi connectivity index (χ1) is 15.6. The molecule has 0 atom stereocenters. The van der Waals surface area contributed by atoms with Crippen molar-refractivity contribution < 1.29 is 9.59 Å². The molecule has 9 nitrogen and oxygen atoms in total. The Balaban J connectivity index is 1.49. The van der Waals surface area contributed by atoms with Crippen molar-refractivity contribution in [3.63, 3.8) is 0 Å². The molecule has 0 spiro atoms. The van der Waals surface area contributed by atoms with Crippen LogP contribution in [-0.2, 0) is 4.79 Å². The van der Waals surface area contributed by atoms with Crippen LogP contribution in [0.25, 0.3) is 11.1 Å². The van der Waals surface area contributed by atoms with E-state index in [2.05, 4.69) is 35.9 Å². The van der Waals surface area contributed by atoms with Crippen molar-refractivity contribution >= 4 is 35.0 Å². The lowest BCUT2D eigenvalue weighted by atomic mass is 10.1. The minimum atomic E-state index is -0.389. The van der Waals surface area contributed by atoms with Gasteiger partial charge in [-0.25, -0.2) is 15.0 Å². The van der Waals surface area contributed by atoms with Crippen LogP contribution in [0, 0.1) is 0 Å². The van der Waals surface area contributed by atoms with Gasteiger partial charge in [0.2, 0.25) is 11.9 Å². The van der Waals surface area contributed by atoms with Crippen LogP contribution in [0.4, 0.5) is 23.1 Å². The number of anilines is 4. The van der Waals surface area contributed by atoms with Gasteiger partial charge in [0.05, 0.1) is 23.8 Å². The molecule has 0 radical (unpaired) electrons. The molecule has 3 heterocycles. The number of amides is 2. The normalized spacial score (nSPS) is 10.3. The van der Waals surface area contributed by atoms with Crippen molar-refractivity contribution in [1.82, 2.24) is 19.9 Å². The molecule has 32 heavy (non-hydrogen) atoms. The number of nitrogens with one attached hydrogen (secondary N) is 3. The summed E-state index contributed by atoms with van der Waals surface area (Å²) in [6.07, 6.45) is 6.30. The van der Waals surface area contributed by atoms with Crippen LogP contribution in [0.5, 0.6) is 0 Å². The molecule has 4 aromatic rings. The largest absolute Gasteiger partial charge is 0.323 e. The molecule has 0 aliphatic rings. The number of hydrogen-bond donors (Lipinski definition) is 3. The first kappa shape index (κ1) is 20.6. The van der Waals surface area contributed by atoms with Gasteiger partial charge in [-0.15, -0.1) is 0 Å². The molecule has 1 aromatic carbocycles. The summed E-state index contributed by atoms with van der Waals surface area (Å²) >= 11 is 0. The molecule has 0 aliphatic carbocycles. The zero-order valence-electron chi connectivity index (χ0n) is 17.1. The van der Waals surface area contributed by atoms with E-state index in [1.165, 1.54) is 25.4 Å². The number of hydrogen-bond acceptors (Lipinski definition) is 7. The van der Waals surface area contributed by atoms with Crippen molar-refractivity contribution in [2.24, 2.45) is 0 Å². The Bertz CT molecular complexity index is 1240. The fourth-order valence-corrected chi connectivity index (χ4v) is 2.95. The fourth-order valence-electron chi connectivity index (χ4n) is 2.95. The second-order valence-electron chi connectivity index (χ2n) is 6.75. The lowest BCUT2D eigenvalue weighted by Gasteiger charge is -2.11. The van der Waals surface area contributed by atoms with E-state index in [0.29, 0.717) is 17.2 Å². The maximum Gasteiger partial charge on any atom is 0.274 e. The average molecular weight is 425 g/mol. The topological polar surface area (TPSA) is 122 Å². The smallest absolute Gasteiger partial charge is 0.274 e. The highest BCUT2D eigenvalue weighted by molar-refractivity contribution is 6.05. The van der Waals surface area contributed by atoms with Gasteiger partial charge >= 0.3 is 0 Å². The van der Waals surface area contributed by atoms with Gasteiger partial charge in [-0.3, -0.25) is 14.6 Å². The van der Waals surface area contributed by atoms with Gasteiger partial charge < -0.3 is 16.0 Å². The second-order valence-corrected chi connectivity index (χ2v) is 6.75. The third-order valence-electron chi connectivity index (χ3n) is 4.37. The van der Waals surface area contributed by atoms with Gasteiger partial charge in [-0.1, -0.05) is 30.3 Å². The Labute approximate surface area is 184 Å². The number of benzene rings is 1. The van der Waals surface area contributed by atoms with Crippen LogP contribution in [0.3, 0.4) is 0 Å². The molecular formula is C23H19N7O2. The van der Waals surface area contributed by atoms with Crippen LogP contribution in [-0.4, -0.2) is 31.8 Å². The van der Waals surface area contributed by atoms with E-state index in [1.807, 2.05) is 36.4 Å². The minimum absolute atomic E-state index is 0.188. The van der Waals surface area contributed by atoms with Crippen molar-refractivity contribution in [2.45, 2.75) is 6.92 Å². The first-order valence-electron chi connectivity index (χ1n) is 9.73. The Hall–Kier alpha value is -4.66. The maximum atomic E-state index is 12.8. The van der Waals surface area contributed by atoms with Crippen LogP contribution >= 0.6 is 0 Å². The molecule has 0 saturated carbocycles. The van der Waals surface area contributed by atoms with Crippen molar-refractivity contribution in [3.8, 4) is 11.1 Å². The first-order valence-corrected chi connectivity index (χ1v) is 9.73. The van der Waals surface area contributed by atoms with Crippen LogP contribution < -0.4 is 16.0 Å². The number of aromatic nitrogens is 4. The summed E-state index contributed by atoms with van der Waals surface area (Å²) < 4.78 is 0. The second kappa shape index (κ2) is 9.43. The highest BCUT2D eigenvalue weighted by Gasteiger charge is 2.13. The van der Waals surface area contributed by atoms with Gasteiger partial charge in [0.25, 0.3) is 5.91 Å². The van der Waals surface area contributed by atoms with E-state index in [9.17, 15) is 9.59 Å². The maximum absolute atomic E-state index is 12.8. The van der Waals surface area contributed by atoms with Gasteiger partial charge in [0.1, 0.15) is 11.5 Å². The number of nitrogens with zero attached hydrogens (tertiary/aromatic N) is 4. The third-order valence-corrected chi connectivity index (χ3v) is 4.37. The summed E-state index contributed by atoms with van der Waals surface area (Å²) in [6, 6.07) is 16.5. The van der Waals surface area contributed by atoms with E-state index in [1.54, 1.807) is 24.5 Å². The van der Waals surface area contributed by atoms with Gasteiger partial charge in [0, 0.05) is 24.9 Å². The molecule has 9 heteroatoms. The lowest BCUT2D eigenvalue weighted by Crippen LogP contribution is -2.15. The predicted octanol–water partition coefficient (Wildman–Crippen LogP) is 3.89. The van der Waals surface area contributed by atoms with Crippen LogP contribution in [0.2, 0.25) is 0 Å². The Morgan fingerprint density at radius 2 is 1.69 bits per heavy atom. The number of pyridine rings is 2.